The number of carbonyl (C=O) groups is 1. The summed E-state index contributed by atoms with van der Waals surface area (Å²) in [5, 5.41) is 6.63. The molecule has 0 saturated heterocycles. The van der Waals surface area contributed by atoms with Gasteiger partial charge in [0.2, 0.25) is 11.8 Å². The lowest BCUT2D eigenvalue weighted by Gasteiger charge is -2.29. The molecule has 0 aromatic carbocycles. The first-order valence-corrected chi connectivity index (χ1v) is 10.5. The molecule has 0 bridgehead atoms. The van der Waals surface area contributed by atoms with Gasteiger partial charge in [0.15, 0.2) is 15.7 Å². The average Bonchev–Trinajstić information content (AvgIpc) is 2.93. The largest absolute Gasteiger partial charge is 0.352 e. The van der Waals surface area contributed by atoms with Gasteiger partial charge in [0.1, 0.15) is 11.5 Å². The molecule has 7 nitrogen and oxygen atoms in total. The minimum Gasteiger partial charge on any atom is -0.352 e. The van der Waals surface area contributed by atoms with Crippen LogP contribution in [-0.4, -0.2) is 36.3 Å². The number of aromatic nitrogens is 2. The van der Waals surface area contributed by atoms with Crippen LogP contribution in [0.5, 0.6) is 0 Å². The van der Waals surface area contributed by atoms with E-state index in [0.29, 0.717) is 18.2 Å². The molecule has 1 aliphatic rings. The highest BCUT2D eigenvalue weighted by atomic mass is 32.2. The molecule has 1 amide bonds. The number of unbranched alkanes of at least 4 members (excludes halogenated alkanes) is 1. The first-order valence-electron chi connectivity index (χ1n) is 8.71. The van der Waals surface area contributed by atoms with Gasteiger partial charge in [-0.05, 0) is 25.2 Å². The van der Waals surface area contributed by atoms with Gasteiger partial charge in [-0.15, -0.1) is 0 Å². The summed E-state index contributed by atoms with van der Waals surface area (Å²) in [7, 11) is -3.62. The van der Waals surface area contributed by atoms with Gasteiger partial charge in [0.05, 0.1) is 0 Å². The molecule has 0 spiro atoms. The summed E-state index contributed by atoms with van der Waals surface area (Å²) in [5.41, 5.74) is 0. The Balaban J connectivity index is 1.85. The number of carbonyl (C=O) groups excluding carboxylic acids is 1. The van der Waals surface area contributed by atoms with Crippen LogP contribution in [0.3, 0.4) is 0 Å². The summed E-state index contributed by atoms with van der Waals surface area (Å²) in [5.74, 6) is -0.410. The van der Waals surface area contributed by atoms with Crippen LogP contribution in [0.15, 0.2) is 4.52 Å². The van der Waals surface area contributed by atoms with Gasteiger partial charge in [-0.2, -0.15) is 4.98 Å². The van der Waals surface area contributed by atoms with Crippen molar-refractivity contribution in [2.75, 3.05) is 5.75 Å². The molecule has 8 heteroatoms. The number of nitrogens with one attached hydrogen (secondary N) is 1. The Morgan fingerprint density at radius 2 is 2.08 bits per heavy atom. The average molecular weight is 357 g/mol. The summed E-state index contributed by atoms with van der Waals surface area (Å²) in [6.45, 7) is 4.14. The second kappa shape index (κ2) is 8.60. The van der Waals surface area contributed by atoms with Crippen molar-refractivity contribution < 1.29 is 17.7 Å². The Morgan fingerprint density at radius 3 is 2.79 bits per heavy atom. The van der Waals surface area contributed by atoms with Crippen LogP contribution >= 0.6 is 0 Å². The van der Waals surface area contributed by atoms with Crippen molar-refractivity contribution in [1.82, 2.24) is 15.5 Å². The standard InChI is InChI=1S/C16H27N3O4S/c1-3-4-9-14-18-16(23-19-14)11-24(21,22)10-15(20)17-13-8-6-5-7-12(13)2/h12-13H,3-11H2,1-2H3,(H,17,20)/t12-,13-/m1/s1. The van der Waals surface area contributed by atoms with E-state index in [1.165, 1.54) is 6.42 Å². The highest BCUT2D eigenvalue weighted by molar-refractivity contribution is 7.91. The lowest BCUT2D eigenvalue weighted by molar-refractivity contribution is -0.119. The molecular formula is C16H27N3O4S. The number of sulfone groups is 1. The maximum absolute atomic E-state index is 12.2. The van der Waals surface area contributed by atoms with Crippen LogP contribution in [0.25, 0.3) is 0 Å². The molecule has 136 valence electrons. The van der Waals surface area contributed by atoms with Crippen LogP contribution in [0.2, 0.25) is 0 Å². The van der Waals surface area contributed by atoms with Gasteiger partial charge < -0.3 is 9.84 Å². The molecule has 1 N–H and O–H groups in total. The Bertz CT molecular complexity index is 642. The monoisotopic (exact) mass is 357 g/mol. The third-order valence-corrected chi connectivity index (χ3v) is 5.81. The number of amides is 1. The van der Waals surface area contributed by atoms with E-state index in [4.69, 9.17) is 4.52 Å². The van der Waals surface area contributed by atoms with E-state index in [2.05, 4.69) is 29.3 Å². The summed E-state index contributed by atoms with van der Waals surface area (Å²) in [6.07, 6.45) is 6.82. The third kappa shape index (κ3) is 5.89. The molecule has 1 aromatic rings. The predicted octanol–water partition coefficient (Wildman–Crippen LogP) is 2.02. The Morgan fingerprint density at radius 1 is 1.33 bits per heavy atom. The molecular weight excluding hydrogens is 330 g/mol. The van der Waals surface area contributed by atoms with Crippen LogP contribution in [-0.2, 0) is 26.8 Å². The van der Waals surface area contributed by atoms with E-state index in [9.17, 15) is 13.2 Å². The third-order valence-electron chi connectivity index (χ3n) is 4.42. The molecule has 1 saturated carbocycles. The maximum Gasteiger partial charge on any atom is 0.241 e. The second-order valence-corrected chi connectivity index (χ2v) is 8.74. The van der Waals surface area contributed by atoms with E-state index in [1.54, 1.807) is 0 Å². The van der Waals surface area contributed by atoms with E-state index >= 15 is 0 Å². The van der Waals surface area contributed by atoms with Gasteiger partial charge in [0, 0.05) is 12.5 Å². The highest BCUT2D eigenvalue weighted by Gasteiger charge is 2.26. The fourth-order valence-electron chi connectivity index (χ4n) is 3.00. The Labute approximate surface area is 143 Å². The first kappa shape index (κ1) is 18.9. The molecule has 1 fully saturated rings. The summed E-state index contributed by atoms with van der Waals surface area (Å²) in [6, 6.07) is 0.0745. The quantitative estimate of drug-likeness (QED) is 0.763. The number of aryl methyl sites for hydroxylation is 1. The van der Waals surface area contributed by atoms with E-state index in [1.807, 2.05) is 0 Å². The predicted molar refractivity (Wildman–Crippen MR) is 90.0 cm³/mol. The topological polar surface area (TPSA) is 102 Å². The summed E-state index contributed by atoms with van der Waals surface area (Å²) >= 11 is 0. The maximum atomic E-state index is 12.2. The molecule has 24 heavy (non-hydrogen) atoms. The van der Waals surface area contributed by atoms with Crippen molar-refractivity contribution in [2.24, 2.45) is 5.92 Å². The Hall–Kier alpha value is -1.44. The lowest BCUT2D eigenvalue weighted by Crippen LogP contribution is -2.43. The fourth-order valence-corrected chi connectivity index (χ4v) is 4.08. The number of nitrogens with zero attached hydrogens (tertiary/aromatic N) is 2. The van der Waals surface area contributed by atoms with Crippen LogP contribution in [0, 0.1) is 5.92 Å². The van der Waals surface area contributed by atoms with Crippen molar-refractivity contribution in [3.63, 3.8) is 0 Å². The van der Waals surface area contributed by atoms with Crippen molar-refractivity contribution in [3.8, 4) is 0 Å². The smallest absolute Gasteiger partial charge is 0.241 e. The van der Waals surface area contributed by atoms with Crippen molar-refractivity contribution in [2.45, 2.75) is 70.6 Å². The van der Waals surface area contributed by atoms with Crippen molar-refractivity contribution in [3.05, 3.63) is 11.7 Å². The van der Waals surface area contributed by atoms with Gasteiger partial charge >= 0.3 is 0 Å². The van der Waals surface area contributed by atoms with E-state index in [-0.39, 0.29) is 17.7 Å². The minimum atomic E-state index is -3.62. The van der Waals surface area contributed by atoms with Crippen LogP contribution < -0.4 is 5.32 Å². The van der Waals surface area contributed by atoms with Gasteiger partial charge in [-0.25, -0.2) is 8.42 Å². The van der Waals surface area contributed by atoms with Gasteiger partial charge in [-0.1, -0.05) is 38.3 Å². The number of hydrogen-bond donors (Lipinski definition) is 1. The van der Waals surface area contributed by atoms with Crippen molar-refractivity contribution >= 4 is 15.7 Å². The zero-order valence-corrected chi connectivity index (χ0v) is 15.3. The van der Waals surface area contributed by atoms with Gasteiger partial charge in [0.25, 0.3) is 0 Å². The second-order valence-electron chi connectivity index (χ2n) is 6.68. The molecule has 2 atom stereocenters. The molecule has 2 rings (SSSR count). The van der Waals surface area contributed by atoms with Crippen LogP contribution in [0.4, 0.5) is 0 Å². The summed E-state index contributed by atoms with van der Waals surface area (Å²) < 4.78 is 29.3. The fraction of sp³-hybridized carbons (Fsp3) is 0.812. The van der Waals surface area contributed by atoms with Crippen molar-refractivity contribution in [1.29, 1.82) is 0 Å². The Kier molecular flexibility index (Phi) is 6.77. The first-order chi connectivity index (χ1) is 11.4. The zero-order chi connectivity index (χ0) is 17.6. The van der Waals surface area contributed by atoms with E-state index in [0.717, 1.165) is 32.1 Å². The molecule has 1 aromatic heterocycles. The van der Waals surface area contributed by atoms with E-state index < -0.39 is 21.5 Å². The number of hydrogen-bond acceptors (Lipinski definition) is 6. The summed E-state index contributed by atoms with van der Waals surface area (Å²) in [4.78, 5) is 16.1. The van der Waals surface area contributed by atoms with Crippen LogP contribution in [0.1, 0.15) is 64.1 Å². The van der Waals surface area contributed by atoms with Gasteiger partial charge in [-0.3, -0.25) is 4.79 Å². The SMILES string of the molecule is CCCCc1noc(CS(=O)(=O)CC(=O)N[C@@H]2CCCC[C@H]2C)n1. The zero-order valence-electron chi connectivity index (χ0n) is 14.5. The molecule has 0 radical (unpaired) electrons. The molecule has 0 unspecified atom stereocenters. The highest BCUT2D eigenvalue weighted by Crippen LogP contribution is 2.23. The molecule has 1 aliphatic carbocycles. The lowest BCUT2D eigenvalue weighted by atomic mass is 9.86. The molecule has 1 heterocycles. The molecule has 0 aliphatic heterocycles. The normalized spacial score (nSPS) is 21.6. The number of rotatable bonds is 8. The minimum absolute atomic E-state index is 0.0555.